The van der Waals surface area contributed by atoms with Crippen LogP contribution in [0.2, 0.25) is 0 Å². The Morgan fingerprint density at radius 2 is 1.83 bits per heavy atom. The molecule has 0 saturated carbocycles. The van der Waals surface area contributed by atoms with E-state index in [0.29, 0.717) is 0 Å². The molecule has 0 radical (unpaired) electrons. The zero-order chi connectivity index (χ0) is 12.4. The summed E-state index contributed by atoms with van der Waals surface area (Å²) in [6.45, 7) is 3.78. The number of aryl methyl sites for hydroxylation is 1. The van der Waals surface area contributed by atoms with E-state index >= 15 is 0 Å². The molecule has 2 aromatic rings. The standard InChI is InChI=1S/C18H18/c1-2-3-4-7-14-10-11-18-16(12-14)13-15-8-5-6-9-17(15)18/h2,5-6,8-12H,1,3-4,7,13H2. The zero-order valence-corrected chi connectivity index (χ0v) is 10.7. The molecule has 0 heterocycles. The first kappa shape index (κ1) is 11.3. The summed E-state index contributed by atoms with van der Waals surface area (Å²) in [5.41, 5.74) is 7.27. The molecule has 18 heavy (non-hydrogen) atoms. The molecule has 90 valence electrons. The summed E-state index contributed by atoms with van der Waals surface area (Å²) in [5.74, 6) is 0. The molecule has 2 aromatic carbocycles. The van der Waals surface area contributed by atoms with Gasteiger partial charge in [0.1, 0.15) is 0 Å². The molecule has 0 bridgehead atoms. The van der Waals surface area contributed by atoms with E-state index in [4.69, 9.17) is 0 Å². The van der Waals surface area contributed by atoms with Gasteiger partial charge >= 0.3 is 0 Å². The summed E-state index contributed by atoms with van der Waals surface area (Å²) in [5, 5.41) is 0. The molecule has 3 rings (SSSR count). The fourth-order valence-corrected chi connectivity index (χ4v) is 2.80. The van der Waals surface area contributed by atoms with Crippen LogP contribution >= 0.6 is 0 Å². The maximum Gasteiger partial charge on any atom is -0.00134 e. The van der Waals surface area contributed by atoms with Crippen LogP contribution in [-0.4, -0.2) is 0 Å². The summed E-state index contributed by atoms with van der Waals surface area (Å²) in [6, 6.07) is 15.7. The Hall–Kier alpha value is -1.82. The maximum atomic E-state index is 3.78. The summed E-state index contributed by atoms with van der Waals surface area (Å²) < 4.78 is 0. The molecule has 0 fully saturated rings. The highest BCUT2D eigenvalue weighted by Gasteiger charge is 2.17. The number of fused-ring (bicyclic) bond motifs is 3. The van der Waals surface area contributed by atoms with Gasteiger partial charge in [-0.25, -0.2) is 0 Å². The second-order valence-corrected chi connectivity index (χ2v) is 5.01. The van der Waals surface area contributed by atoms with Crippen LogP contribution < -0.4 is 0 Å². The lowest BCUT2D eigenvalue weighted by Crippen LogP contribution is -1.88. The van der Waals surface area contributed by atoms with Crippen molar-refractivity contribution in [1.82, 2.24) is 0 Å². The van der Waals surface area contributed by atoms with E-state index in [0.717, 1.165) is 19.3 Å². The summed E-state index contributed by atoms with van der Waals surface area (Å²) in [6.07, 6.45) is 6.58. The number of benzene rings is 2. The molecule has 0 heteroatoms. The molecule has 0 saturated heterocycles. The van der Waals surface area contributed by atoms with Gasteiger partial charge in [0.2, 0.25) is 0 Å². The number of allylic oxidation sites excluding steroid dienone is 1. The van der Waals surface area contributed by atoms with Crippen LogP contribution in [-0.2, 0) is 12.8 Å². The zero-order valence-electron chi connectivity index (χ0n) is 10.7. The lowest BCUT2D eigenvalue weighted by atomic mass is 10.0. The van der Waals surface area contributed by atoms with Gasteiger partial charge < -0.3 is 0 Å². The highest BCUT2D eigenvalue weighted by molar-refractivity contribution is 5.76. The topological polar surface area (TPSA) is 0 Å². The molecule has 1 aliphatic rings. The Kier molecular flexibility index (Phi) is 3.02. The van der Waals surface area contributed by atoms with Crippen LogP contribution in [0, 0.1) is 0 Å². The Morgan fingerprint density at radius 3 is 2.72 bits per heavy atom. The minimum absolute atomic E-state index is 1.10. The molecule has 0 aliphatic heterocycles. The summed E-state index contributed by atoms with van der Waals surface area (Å²) >= 11 is 0. The van der Waals surface area contributed by atoms with Gasteiger partial charge in [-0.05, 0) is 53.5 Å². The fraction of sp³-hybridized carbons (Fsp3) is 0.222. The third-order valence-corrected chi connectivity index (χ3v) is 3.73. The van der Waals surface area contributed by atoms with E-state index in [1.165, 1.54) is 34.2 Å². The summed E-state index contributed by atoms with van der Waals surface area (Å²) in [4.78, 5) is 0. The third kappa shape index (κ3) is 1.99. The molecule has 0 nitrogen and oxygen atoms in total. The molecular formula is C18H18. The lowest BCUT2D eigenvalue weighted by Gasteiger charge is -2.04. The molecule has 1 aliphatic carbocycles. The number of rotatable bonds is 4. The maximum absolute atomic E-state index is 3.78. The predicted molar refractivity (Wildman–Crippen MR) is 77.8 cm³/mol. The van der Waals surface area contributed by atoms with E-state index < -0.39 is 0 Å². The van der Waals surface area contributed by atoms with E-state index in [1.54, 1.807) is 0 Å². The predicted octanol–water partition coefficient (Wildman–Crippen LogP) is 4.77. The summed E-state index contributed by atoms with van der Waals surface area (Å²) in [7, 11) is 0. The van der Waals surface area contributed by atoms with Crippen LogP contribution in [0.5, 0.6) is 0 Å². The number of hydrogen-bond acceptors (Lipinski definition) is 0. The molecule has 0 spiro atoms. The van der Waals surface area contributed by atoms with Crippen molar-refractivity contribution in [3.63, 3.8) is 0 Å². The average molecular weight is 234 g/mol. The van der Waals surface area contributed by atoms with Gasteiger partial charge in [-0.15, -0.1) is 6.58 Å². The molecule has 0 unspecified atom stereocenters. The Balaban J connectivity index is 1.86. The first-order chi connectivity index (χ1) is 8.88. The monoisotopic (exact) mass is 234 g/mol. The van der Waals surface area contributed by atoms with Crippen LogP contribution in [0.15, 0.2) is 55.1 Å². The average Bonchev–Trinajstić information content (AvgIpc) is 2.76. The number of hydrogen-bond donors (Lipinski definition) is 0. The highest BCUT2D eigenvalue weighted by Crippen LogP contribution is 2.36. The van der Waals surface area contributed by atoms with Crippen molar-refractivity contribution < 1.29 is 0 Å². The smallest absolute Gasteiger partial charge is 0.00134 e. The van der Waals surface area contributed by atoms with E-state index in [-0.39, 0.29) is 0 Å². The SMILES string of the molecule is C=CCCCc1ccc2c(c1)Cc1ccccc1-2. The van der Waals surface area contributed by atoms with Gasteiger partial charge in [-0.2, -0.15) is 0 Å². The van der Waals surface area contributed by atoms with E-state index in [1.807, 2.05) is 6.08 Å². The minimum Gasteiger partial charge on any atom is -0.103 e. The van der Waals surface area contributed by atoms with Gasteiger partial charge in [0.25, 0.3) is 0 Å². The quantitative estimate of drug-likeness (QED) is 0.450. The second kappa shape index (κ2) is 4.81. The molecular weight excluding hydrogens is 216 g/mol. The third-order valence-electron chi connectivity index (χ3n) is 3.73. The van der Waals surface area contributed by atoms with Gasteiger partial charge in [0, 0.05) is 0 Å². The van der Waals surface area contributed by atoms with Gasteiger partial charge in [-0.1, -0.05) is 48.5 Å². The molecule has 0 aromatic heterocycles. The van der Waals surface area contributed by atoms with Gasteiger partial charge in [-0.3, -0.25) is 0 Å². The van der Waals surface area contributed by atoms with Crippen molar-refractivity contribution in [2.24, 2.45) is 0 Å². The van der Waals surface area contributed by atoms with Gasteiger partial charge in [0.15, 0.2) is 0 Å². The fourth-order valence-electron chi connectivity index (χ4n) is 2.80. The largest absolute Gasteiger partial charge is 0.103 e. The van der Waals surface area contributed by atoms with Crippen molar-refractivity contribution in [3.8, 4) is 11.1 Å². The van der Waals surface area contributed by atoms with Crippen LogP contribution in [0.3, 0.4) is 0 Å². The first-order valence-corrected chi connectivity index (χ1v) is 6.69. The molecule has 0 N–H and O–H groups in total. The van der Waals surface area contributed by atoms with Gasteiger partial charge in [0.05, 0.1) is 0 Å². The molecule has 0 amide bonds. The number of unbranched alkanes of at least 4 members (excludes halogenated alkanes) is 1. The Bertz CT molecular complexity index is 578. The van der Waals surface area contributed by atoms with Crippen molar-refractivity contribution in [1.29, 1.82) is 0 Å². The van der Waals surface area contributed by atoms with Crippen LogP contribution in [0.4, 0.5) is 0 Å². The Morgan fingerprint density at radius 1 is 1.00 bits per heavy atom. The molecule has 0 atom stereocenters. The van der Waals surface area contributed by atoms with Crippen molar-refractivity contribution in [2.75, 3.05) is 0 Å². The van der Waals surface area contributed by atoms with Crippen molar-refractivity contribution in [3.05, 3.63) is 71.8 Å². The normalized spacial score (nSPS) is 12.0. The highest BCUT2D eigenvalue weighted by atomic mass is 14.2. The van der Waals surface area contributed by atoms with E-state index in [9.17, 15) is 0 Å². The van der Waals surface area contributed by atoms with Crippen LogP contribution in [0.1, 0.15) is 29.5 Å². The van der Waals surface area contributed by atoms with E-state index in [2.05, 4.69) is 49.0 Å². The second-order valence-electron chi connectivity index (χ2n) is 5.01. The van der Waals surface area contributed by atoms with Crippen molar-refractivity contribution in [2.45, 2.75) is 25.7 Å². The minimum atomic E-state index is 1.10. The first-order valence-electron chi connectivity index (χ1n) is 6.69. The lowest BCUT2D eigenvalue weighted by molar-refractivity contribution is 0.843. The van der Waals surface area contributed by atoms with Crippen LogP contribution in [0.25, 0.3) is 11.1 Å². The van der Waals surface area contributed by atoms with Crippen molar-refractivity contribution >= 4 is 0 Å². The Labute approximate surface area is 109 Å².